The molecule has 0 amide bonds. The third-order valence-electron chi connectivity index (χ3n) is 2.65. The Morgan fingerprint density at radius 2 is 2.05 bits per heavy atom. The monoisotopic (exact) mass is 290 g/mol. The number of aromatic nitrogens is 2. The summed E-state index contributed by atoms with van der Waals surface area (Å²) in [6, 6.07) is 7.72. The summed E-state index contributed by atoms with van der Waals surface area (Å²) in [6.45, 7) is 6.41. The highest BCUT2D eigenvalue weighted by Gasteiger charge is 2.19. The summed E-state index contributed by atoms with van der Waals surface area (Å²) in [5.74, 6) is 1.04. The molecule has 0 saturated heterocycles. The number of carbonyl (C=O) groups excluding carboxylic acids is 1. The van der Waals surface area contributed by atoms with Crippen molar-refractivity contribution >= 4 is 28.6 Å². The number of benzene rings is 1. The first-order valence-corrected chi connectivity index (χ1v) is 7.67. The predicted octanol–water partition coefficient (Wildman–Crippen LogP) is 3.55. The van der Waals surface area contributed by atoms with Gasteiger partial charge in [0.25, 0.3) is 0 Å². The molecule has 0 aliphatic heterocycles. The number of hydrogen-bond donors (Lipinski definition) is 0. The molecule has 0 N–H and O–H groups in total. The van der Waals surface area contributed by atoms with Crippen LogP contribution in [0.3, 0.4) is 0 Å². The van der Waals surface area contributed by atoms with Crippen molar-refractivity contribution in [2.24, 2.45) is 5.92 Å². The first kappa shape index (κ1) is 14.8. The molecular weight excluding hydrogens is 272 g/mol. The number of rotatable bonds is 5. The van der Waals surface area contributed by atoms with E-state index in [1.165, 1.54) is 0 Å². The zero-order chi connectivity index (χ0) is 14.5. The smallest absolute Gasteiger partial charge is 0.360 e. The maximum Gasteiger partial charge on any atom is 0.360 e. The molecule has 4 nitrogen and oxygen atoms in total. The van der Waals surface area contributed by atoms with E-state index in [0.717, 1.165) is 21.6 Å². The van der Waals surface area contributed by atoms with Crippen molar-refractivity contribution < 1.29 is 9.53 Å². The first-order valence-electron chi connectivity index (χ1n) is 6.68. The lowest BCUT2D eigenvalue weighted by Crippen LogP contribution is -2.11. The number of ether oxygens (including phenoxy) is 1. The highest BCUT2D eigenvalue weighted by molar-refractivity contribution is 7.99. The van der Waals surface area contributed by atoms with Gasteiger partial charge in [0, 0.05) is 11.1 Å². The Labute approximate surface area is 122 Å². The van der Waals surface area contributed by atoms with Crippen molar-refractivity contribution in [3.05, 3.63) is 30.0 Å². The molecule has 20 heavy (non-hydrogen) atoms. The van der Waals surface area contributed by atoms with Gasteiger partial charge in [0.2, 0.25) is 0 Å². The lowest BCUT2D eigenvalue weighted by Gasteiger charge is -2.11. The average Bonchev–Trinajstić information content (AvgIpc) is 2.44. The first-order chi connectivity index (χ1) is 9.63. The van der Waals surface area contributed by atoms with E-state index in [-0.39, 0.29) is 0 Å². The minimum absolute atomic E-state index is 0.316. The van der Waals surface area contributed by atoms with Gasteiger partial charge < -0.3 is 4.74 Å². The van der Waals surface area contributed by atoms with E-state index in [2.05, 4.69) is 24.0 Å². The normalized spacial score (nSPS) is 11.0. The van der Waals surface area contributed by atoms with Crippen LogP contribution in [0.5, 0.6) is 0 Å². The average molecular weight is 290 g/mol. The number of hydrogen-bond acceptors (Lipinski definition) is 5. The zero-order valence-corrected chi connectivity index (χ0v) is 12.7. The highest BCUT2D eigenvalue weighted by Crippen LogP contribution is 2.30. The van der Waals surface area contributed by atoms with Crippen LogP contribution in [0.15, 0.2) is 29.2 Å². The van der Waals surface area contributed by atoms with E-state index in [4.69, 9.17) is 4.74 Å². The lowest BCUT2D eigenvalue weighted by atomic mass is 10.2. The van der Waals surface area contributed by atoms with Crippen LogP contribution < -0.4 is 0 Å². The topological polar surface area (TPSA) is 52.1 Å². The predicted molar refractivity (Wildman–Crippen MR) is 81.1 cm³/mol. The largest absolute Gasteiger partial charge is 0.461 e. The van der Waals surface area contributed by atoms with Gasteiger partial charge in [0.05, 0.1) is 17.0 Å². The van der Waals surface area contributed by atoms with Crippen LogP contribution in [0.25, 0.3) is 10.9 Å². The molecule has 0 bridgehead atoms. The van der Waals surface area contributed by atoms with Crippen molar-refractivity contribution in [2.45, 2.75) is 25.7 Å². The molecule has 0 unspecified atom stereocenters. The SMILES string of the molecule is CCOC(=O)c1nnc2ccccc2c1SCC(C)C. The number of fused-ring (bicyclic) bond motifs is 1. The van der Waals surface area contributed by atoms with Crippen molar-refractivity contribution in [2.75, 3.05) is 12.4 Å². The molecule has 0 atom stereocenters. The van der Waals surface area contributed by atoms with Gasteiger partial charge in [-0.1, -0.05) is 32.0 Å². The van der Waals surface area contributed by atoms with Gasteiger partial charge >= 0.3 is 5.97 Å². The molecule has 2 rings (SSSR count). The summed E-state index contributed by atoms with van der Waals surface area (Å²) in [6.07, 6.45) is 0. The molecule has 1 aromatic carbocycles. The van der Waals surface area contributed by atoms with Gasteiger partial charge in [-0.3, -0.25) is 0 Å². The standard InChI is InChI=1S/C15H18N2O2S/c1-4-19-15(18)13-14(20-9-10(2)3)11-7-5-6-8-12(11)16-17-13/h5-8,10H,4,9H2,1-3H3. The maximum atomic E-state index is 12.0. The van der Waals surface area contributed by atoms with Crippen LogP contribution in [0.2, 0.25) is 0 Å². The zero-order valence-electron chi connectivity index (χ0n) is 11.9. The van der Waals surface area contributed by atoms with Gasteiger partial charge in [-0.2, -0.15) is 0 Å². The van der Waals surface area contributed by atoms with Crippen molar-refractivity contribution in [3.63, 3.8) is 0 Å². The Kier molecular flexibility index (Phi) is 4.95. The summed E-state index contributed by atoms with van der Waals surface area (Å²) in [5.41, 5.74) is 1.11. The second-order valence-corrected chi connectivity index (χ2v) is 5.85. The molecule has 1 heterocycles. The molecule has 0 aliphatic rings. The second kappa shape index (κ2) is 6.70. The van der Waals surface area contributed by atoms with E-state index >= 15 is 0 Å². The third kappa shape index (κ3) is 3.28. The molecule has 106 valence electrons. The number of carbonyl (C=O) groups is 1. The fourth-order valence-corrected chi connectivity index (χ4v) is 2.85. The summed E-state index contributed by atoms with van der Waals surface area (Å²) in [4.78, 5) is 12.9. The van der Waals surface area contributed by atoms with Gasteiger partial charge in [0.1, 0.15) is 0 Å². The second-order valence-electron chi connectivity index (χ2n) is 4.82. The molecule has 0 fully saturated rings. The minimum Gasteiger partial charge on any atom is -0.461 e. The van der Waals surface area contributed by atoms with Gasteiger partial charge in [-0.15, -0.1) is 22.0 Å². The van der Waals surface area contributed by atoms with Gasteiger partial charge in [-0.25, -0.2) is 4.79 Å². The molecule has 5 heteroatoms. The molecule has 0 aliphatic carbocycles. The molecule has 0 saturated carbocycles. The lowest BCUT2D eigenvalue weighted by molar-refractivity contribution is 0.0514. The van der Waals surface area contributed by atoms with Crippen LogP contribution in [0.4, 0.5) is 0 Å². The van der Waals surface area contributed by atoms with E-state index in [1.807, 2.05) is 24.3 Å². The Morgan fingerprint density at radius 3 is 2.75 bits per heavy atom. The van der Waals surface area contributed by atoms with Crippen molar-refractivity contribution in [1.82, 2.24) is 10.2 Å². The number of esters is 1. The van der Waals surface area contributed by atoms with E-state index < -0.39 is 5.97 Å². The van der Waals surface area contributed by atoms with Crippen molar-refractivity contribution in [3.8, 4) is 0 Å². The fourth-order valence-electron chi connectivity index (χ4n) is 1.76. The number of nitrogens with zero attached hydrogens (tertiary/aromatic N) is 2. The van der Waals surface area contributed by atoms with Crippen LogP contribution in [0.1, 0.15) is 31.3 Å². The van der Waals surface area contributed by atoms with Crippen molar-refractivity contribution in [1.29, 1.82) is 0 Å². The fraction of sp³-hybridized carbons (Fsp3) is 0.400. The molecule has 0 radical (unpaired) electrons. The van der Waals surface area contributed by atoms with Gasteiger partial charge in [-0.05, 0) is 18.9 Å². The third-order valence-corrected chi connectivity index (χ3v) is 4.19. The molecule has 2 aromatic rings. The maximum absolute atomic E-state index is 12.0. The summed E-state index contributed by atoms with van der Waals surface area (Å²) in [7, 11) is 0. The Bertz CT molecular complexity index is 614. The molecular formula is C15H18N2O2S. The Balaban J connectivity index is 2.49. The number of thioether (sulfide) groups is 1. The Hall–Kier alpha value is -1.62. The van der Waals surface area contributed by atoms with E-state index in [9.17, 15) is 4.79 Å². The summed E-state index contributed by atoms with van der Waals surface area (Å²) >= 11 is 1.64. The summed E-state index contributed by atoms with van der Waals surface area (Å²) < 4.78 is 5.07. The van der Waals surface area contributed by atoms with Crippen LogP contribution in [-0.2, 0) is 4.74 Å². The summed E-state index contributed by atoms with van der Waals surface area (Å²) in [5, 5.41) is 9.12. The highest BCUT2D eigenvalue weighted by atomic mass is 32.2. The minimum atomic E-state index is -0.406. The van der Waals surface area contributed by atoms with E-state index in [1.54, 1.807) is 18.7 Å². The van der Waals surface area contributed by atoms with Crippen LogP contribution in [-0.4, -0.2) is 28.5 Å². The van der Waals surface area contributed by atoms with E-state index in [0.29, 0.717) is 18.2 Å². The molecule has 1 aromatic heterocycles. The van der Waals surface area contributed by atoms with Crippen LogP contribution >= 0.6 is 11.8 Å². The Morgan fingerprint density at radius 1 is 1.30 bits per heavy atom. The van der Waals surface area contributed by atoms with Crippen LogP contribution in [0, 0.1) is 5.92 Å². The molecule has 0 spiro atoms. The van der Waals surface area contributed by atoms with Gasteiger partial charge in [0.15, 0.2) is 5.69 Å². The quantitative estimate of drug-likeness (QED) is 0.622.